The van der Waals surface area contributed by atoms with E-state index in [1.165, 1.54) is 12.1 Å². The van der Waals surface area contributed by atoms with Gasteiger partial charge in [0.05, 0.1) is 19.1 Å². The van der Waals surface area contributed by atoms with E-state index in [0.29, 0.717) is 18.0 Å². The molecule has 0 aromatic heterocycles. The smallest absolute Gasteiger partial charge is 0.238 e. The molecule has 6 nitrogen and oxygen atoms in total. The van der Waals surface area contributed by atoms with Gasteiger partial charge in [0.25, 0.3) is 0 Å². The Kier molecular flexibility index (Phi) is 5.51. The number of rotatable bonds is 6. The highest BCUT2D eigenvalue weighted by molar-refractivity contribution is 9.10. The zero-order valence-corrected chi connectivity index (χ0v) is 15.1. The van der Waals surface area contributed by atoms with Gasteiger partial charge in [-0.15, -0.1) is 0 Å². The molecule has 0 amide bonds. The van der Waals surface area contributed by atoms with Crippen molar-refractivity contribution in [2.45, 2.75) is 11.4 Å². The molecule has 23 heavy (non-hydrogen) atoms. The number of hydrogen-bond acceptors (Lipinski definition) is 5. The highest BCUT2D eigenvalue weighted by Gasteiger charge is 2.10. The predicted molar refractivity (Wildman–Crippen MR) is 92.4 cm³/mol. The average molecular weight is 401 g/mol. The molecule has 0 aliphatic heterocycles. The van der Waals surface area contributed by atoms with Gasteiger partial charge in [-0.05, 0) is 42.0 Å². The van der Waals surface area contributed by atoms with Crippen LogP contribution in [-0.4, -0.2) is 22.6 Å². The quantitative estimate of drug-likeness (QED) is 0.777. The molecule has 2 rings (SSSR count). The fourth-order valence-electron chi connectivity index (χ4n) is 1.99. The van der Waals surface area contributed by atoms with E-state index in [9.17, 15) is 8.42 Å². The van der Waals surface area contributed by atoms with Crippen LogP contribution in [0.5, 0.6) is 11.5 Å². The normalized spacial score (nSPS) is 11.1. The average Bonchev–Trinajstić information content (AvgIpc) is 2.53. The zero-order valence-electron chi connectivity index (χ0n) is 12.7. The predicted octanol–water partition coefficient (Wildman–Crippen LogP) is 2.73. The Morgan fingerprint density at radius 1 is 1.09 bits per heavy atom. The van der Waals surface area contributed by atoms with Crippen LogP contribution in [0.3, 0.4) is 0 Å². The Bertz CT molecular complexity index is 792. The van der Waals surface area contributed by atoms with Crippen LogP contribution in [0.1, 0.15) is 5.56 Å². The lowest BCUT2D eigenvalue weighted by molar-refractivity contribution is 0.354. The van der Waals surface area contributed by atoms with E-state index in [1.54, 1.807) is 26.4 Å². The van der Waals surface area contributed by atoms with E-state index in [4.69, 9.17) is 14.6 Å². The number of hydrogen-bond donors (Lipinski definition) is 2. The number of anilines is 1. The van der Waals surface area contributed by atoms with E-state index < -0.39 is 10.0 Å². The van der Waals surface area contributed by atoms with Gasteiger partial charge >= 0.3 is 0 Å². The van der Waals surface area contributed by atoms with Gasteiger partial charge in [0.1, 0.15) is 0 Å². The zero-order chi connectivity index (χ0) is 17.0. The van der Waals surface area contributed by atoms with E-state index in [0.717, 1.165) is 15.7 Å². The number of ether oxygens (including phenoxy) is 2. The highest BCUT2D eigenvalue weighted by atomic mass is 79.9. The van der Waals surface area contributed by atoms with Crippen LogP contribution in [0.15, 0.2) is 45.8 Å². The molecule has 2 aromatic carbocycles. The summed E-state index contributed by atoms with van der Waals surface area (Å²) in [7, 11) is -0.519. The Hall–Kier alpha value is -1.77. The Labute approximate surface area is 143 Å². The first-order chi connectivity index (χ1) is 10.8. The maximum absolute atomic E-state index is 11.2. The number of nitrogens with one attached hydrogen (secondary N) is 1. The first-order valence-corrected chi connectivity index (χ1v) is 8.96. The molecule has 2 aromatic rings. The van der Waals surface area contributed by atoms with Crippen molar-refractivity contribution in [2.24, 2.45) is 5.14 Å². The second-order valence-corrected chi connectivity index (χ2v) is 7.14. The maximum Gasteiger partial charge on any atom is 0.238 e. The van der Waals surface area contributed by atoms with Gasteiger partial charge in [-0.25, -0.2) is 13.6 Å². The van der Waals surface area contributed by atoms with Crippen molar-refractivity contribution in [2.75, 3.05) is 19.5 Å². The molecule has 0 aliphatic carbocycles. The molecule has 0 unspecified atom stereocenters. The third-order valence-electron chi connectivity index (χ3n) is 3.22. The summed E-state index contributed by atoms with van der Waals surface area (Å²) in [6, 6.07) is 9.94. The molecule has 0 bridgehead atoms. The van der Waals surface area contributed by atoms with E-state index >= 15 is 0 Å². The molecule has 0 saturated carbocycles. The molecule has 0 fully saturated rings. The van der Waals surface area contributed by atoms with Crippen molar-refractivity contribution in [1.29, 1.82) is 0 Å². The molecule has 3 N–H and O–H groups in total. The minimum Gasteiger partial charge on any atom is -0.493 e. The van der Waals surface area contributed by atoms with Crippen molar-refractivity contribution in [3.05, 3.63) is 46.4 Å². The van der Waals surface area contributed by atoms with E-state index in [1.807, 2.05) is 12.1 Å². The fourth-order valence-corrected chi connectivity index (χ4v) is 2.97. The molecule has 8 heteroatoms. The lowest BCUT2D eigenvalue weighted by Gasteiger charge is -2.13. The number of halogens is 1. The summed E-state index contributed by atoms with van der Waals surface area (Å²) in [6.45, 7) is 0.523. The second-order valence-electron chi connectivity index (χ2n) is 4.72. The lowest BCUT2D eigenvalue weighted by atomic mass is 10.2. The van der Waals surface area contributed by atoms with Crippen LogP contribution < -0.4 is 19.9 Å². The first kappa shape index (κ1) is 17.6. The highest BCUT2D eigenvalue weighted by Crippen LogP contribution is 2.33. The van der Waals surface area contributed by atoms with E-state index in [-0.39, 0.29) is 4.90 Å². The van der Waals surface area contributed by atoms with Gasteiger partial charge in [-0.1, -0.05) is 15.9 Å². The second kappa shape index (κ2) is 7.20. The Morgan fingerprint density at radius 2 is 1.65 bits per heavy atom. The summed E-state index contributed by atoms with van der Waals surface area (Å²) in [6.07, 6.45) is 0. The topological polar surface area (TPSA) is 90.6 Å². The first-order valence-electron chi connectivity index (χ1n) is 6.62. The molecular weight excluding hydrogens is 384 g/mol. The monoisotopic (exact) mass is 400 g/mol. The SMILES string of the molecule is COc1cc(Br)c(CNc2ccc(S(N)(=O)=O)cc2)cc1OC. The van der Waals surface area contributed by atoms with Crippen LogP contribution in [0.2, 0.25) is 0 Å². The van der Waals surface area contributed by atoms with Crippen molar-refractivity contribution in [3.8, 4) is 11.5 Å². The minimum atomic E-state index is -3.68. The summed E-state index contributed by atoms with van der Waals surface area (Å²) < 4.78 is 33.8. The molecule has 0 spiro atoms. The minimum absolute atomic E-state index is 0.0790. The fraction of sp³-hybridized carbons (Fsp3) is 0.200. The van der Waals surface area contributed by atoms with Gasteiger partial charge < -0.3 is 14.8 Å². The summed E-state index contributed by atoms with van der Waals surface area (Å²) in [5.74, 6) is 1.28. The summed E-state index contributed by atoms with van der Waals surface area (Å²) in [4.78, 5) is 0.0790. The van der Waals surface area contributed by atoms with Gasteiger partial charge in [-0.3, -0.25) is 0 Å². The molecule has 0 heterocycles. The Morgan fingerprint density at radius 3 is 2.17 bits per heavy atom. The van der Waals surface area contributed by atoms with Crippen molar-refractivity contribution >= 4 is 31.6 Å². The Balaban J connectivity index is 2.15. The largest absolute Gasteiger partial charge is 0.493 e. The molecule has 0 saturated heterocycles. The number of methoxy groups -OCH3 is 2. The van der Waals surface area contributed by atoms with Crippen LogP contribution in [0, 0.1) is 0 Å². The summed E-state index contributed by atoms with van der Waals surface area (Å²) in [5.41, 5.74) is 1.75. The maximum atomic E-state index is 11.2. The molecular formula is C15H17BrN2O4S. The molecule has 0 aliphatic rings. The lowest BCUT2D eigenvalue weighted by Crippen LogP contribution is -2.12. The van der Waals surface area contributed by atoms with Gasteiger partial charge in [0, 0.05) is 16.7 Å². The standard InChI is InChI=1S/C15H17BrN2O4S/c1-21-14-7-10(13(16)8-15(14)22-2)9-18-11-3-5-12(6-4-11)23(17,19)20/h3-8,18H,9H2,1-2H3,(H2,17,19,20). The van der Waals surface area contributed by atoms with Crippen LogP contribution in [-0.2, 0) is 16.6 Å². The molecule has 124 valence electrons. The van der Waals surface area contributed by atoms with Crippen LogP contribution in [0.4, 0.5) is 5.69 Å². The molecule has 0 radical (unpaired) electrons. The number of benzene rings is 2. The van der Waals surface area contributed by atoms with Crippen molar-refractivity contribution < 1.29 is 17.9 Å². The van der Waals surface area contributed by atoms with Crippen LogP contribution in [0.25, 0.3) is 0 Å². The van der Waals surface area contributed by atoms with Gasteiger partial charge in [-0.2, -0.15) is 0 Å². The summed E-state index contributed by atoms with van der Waals surface area (Å²) in [5, 5.41) is 8.28. The van der Waals surface area contributed by atoms with E-state index in [2.05, 4.69) is 21.2 Å². The van der Waals surface area contributed by atoms with Gasteiger partial charge in [0.15, 0.2) is 11.5 Å². The number of nitrogens with two attached hydrogens (primary N) is 1. The van der Waals surface area contributed by atoms with Crippen molar-refractivity contribution in [1.82, 2.24) is 0 Å². The third-order valence-corrected chi connectivity index (χ3v) is 4.89. The van der Waals surface area contributed by atoms with Crippen molar-refractivity contribution in [3.63, 3.8) is 0 Å². The van der Waals surface area contributed by atoms with Crippen LogP contribution >= 0.6 is 15.9 Å². The third kappa shape index (κ3) is 4.37. The number of primary sulfonamides is 1. The summed E-state index contributed by atoms with van der Waals surface area (Å²) >= 11 is 3.49. The molecule has 0 atom stereocenters. The van der Waals surface area contributed by atoms with Gasteiger partial charge in [0.2, 0.25) is 10.0 Å². The number of sulfonamides is 1.